The van der Waals surface area contributed by atoms with Gasteiger partial charge in [-0.05, 0) is 35.9 Å². The van der Waals surface area contributed by atoms with Gasteiger partial charge in [-0.3, -0.25) is 4.99 Å². The van der Waals surface area contributed by atoms with Crippen molar-refractivity contribution < 1.29 is 0 Å². The van der Waals surface area contributed by atoms with Crippen molar-refractivity contribution in [1.29, 1.82) is 0 Å². The molecule has 0 radical (unpaired) electrons. The second kappa shape index (κ2) is 5.66. The Morgan fingerprint density at radius 3 is 2.25 bits per heavy atom. The fraction of sp³-hybridized carbons (Fsp3) is 0. The lowest BCUT2D eigenvalue weighted by atomic mass is 10.1. The fourth-order valence-corrected chi connectivity index (χ4v) is 2.49. The highest BCUT2D eigenvalue weighted by Gasteiger charge is 2.11. The maximum Gasteiger partial charge on any atom is 0.0630 e. The second-order valence-electron chi connectivity index (χ2n) is 4.42. The molecule has 1 aromatic rings. The Bertz CT molecular complexity index is 732. The Morgan fingerprint density at radius 2 is 1.50 bits per heavy atom. The Kier molecular flexibility index (Phi) is 3.72. The third-order valence-electron chi connectivity index (χ3n) is 3.07. The van der Waals surface area contributed by atoms with Crippen molar-refractivity contribution in [3.63, 3.8) is 0 Å². The molecular weight excluding hydrogens is 289 g/mol. The van der Waals surface area contributed by atoms with Crippen LogP contribution < -0.4 is 0 Å². The Morgan fingerprint density at radius 1 is 0.800 bits per heavy atom. The van der Waals surface area contributed by atoms with E-state index in [1.54, 1.807) is 0 Å². The summed E-state index contributed by atoms with van der Waals surface area (Å²) >= 11 is 12.1. The van der Waals surface area contributed by atoms with Gasteiger partial charge in [0.05, 0.1) is 5.69 Å². The molecule has 1 nitrogen and oxygen atoms in total. The maximum atomic E-state index is 6.26. The van der Waals surface area contributed by atoms with E-state index < -0.39 is 0 Å². The number of nitrogens with zero attached hydrogens (tertiary/aromatic N) is 1. The van der Waals surface area contributed by atoms with Crippen LogP contribution in [0.3, 0.4) is 0 Å². The highest BCUT2D eigenvalue weighted by atomic mass is 35.5. The van der Waals surface area contributed by atoms with Gasteiger partial charge >= 0.3 is 0 Å². The van der Waals surface area contributed by atoms with E-state index in [9.17, 15) is 0 Å². The van der Waals surface area contributed by atoms with Gasteiger partial charge in [-0.25, -0.2) is 0 Å². The molecular formula is C17H11Cl2N. The third kappa shape index (κ3) is 2.69. The first kappa shape index (κ1) is 13.2. The van der Waals surface area contributed by atoms with E-state index in [2.05, 4.69) is 4.99 Å². The monoisotopic (exact) mass is 299 g/mol. The minimum absolute atomic E-state index is 0.706. The standard InChI is InChI=1S/C17H11Cl2N/c18-13-6-8-14(9-7-13)20-11-12-10-17(19)16-5-3-1-2-4-15(12)16/h1-11H. The van der Waals surface area contributed by atoms with E-state index >= 15 is 0 Å². The molecule has 20 heavy (non-hydrogen) atoms. The molecule has 0 fully saturated rings. The molecule has 0 saturated carbocycles. The Labute approximate surface area is 127 Å². The lowest BCUT2D eigenvalue weighted by molar-refractivity contribution is 1.53. The highest BCUT2D eigenvalue weighted by molar-refractivity contribution is 6.34. The van der Waals surface area contributed by atoms with Gasteiger partial charge < -0.3 is 0 Å². The molecule has 0 unspecified atom stereocenters. The van der Waals surface area contributed by atoms with Crippen LogP contribution in [-0.2, 0) is 0 Å². The molecule has 2 aliphatic carbocycles. The van der Waals surface area contributed by atoms with Gasteiger partial charge in [0, 0.05) is 27.4 Å². The quantitative estimate of drug-likeness (QED) is 0.526. The molecule has 0 N–H and O–H groups in total. The maximum absolute atomic E-state index is 6.26. The number of aliphatic imine (C=N–C) groups is 1. The molecule has 3 rings (SSSR count). The van der Waals surface area contributed by atoms with Gasteiger partial charge in [0.25, 0.3) is 0 Å². The van der Waals surface area contributed by atoms with E-state index in [-0.39, 0.29) is 0 Å². The highest BCUT2D eigenvalue weighted by Crippen LogP contribution is 2.34. The summed E-state index contributed by atoms with van der Waals surface area (Å²) in [5.41, 5.74) is 4.00. The van der Waals surface area contributed by atoms with Crippen molar-refractivity contribution in [1.82, 2.24) is 0 Å². The normalized spacial score (nSPS) is 11.3. The van der Waals surface area contributed by atoms with E-state index in [4.69, 9.17) is 23.2 Å². The van der Waals surface area contributed by atoms with Gasteiger partial charge in [-0.1, -0.05) is 53.5 Å². The zero-order chi connectivity index (χ0) is 13.9. The first-order valence-electron chi connectivity index (χ1n) is 6.21. The van der Waals surface area contributed by atoms with Crippen LogP contribution in [0.5, 0.6) is 0 Å². The smallest absolute Gasteiger partial charge is 0.0630 e. The van der Waals surface area contributed by atoms with Crippen LogP contribution in [0.25, 0.3) is 11.1 Å². The van der Waals surface area contributed by atoms with Crippen molar-refractivity contribution >= 4 is 35.1 Å². The second-order valence-corrected chi connectivity index (χ2v) is 5.26. The van der Waals surface area contributed by atoms with Crippen molar-refractivity contribution in [2.24, 2.45) is 4.99 Å². The van der Waals surface area contributed by atoms with E-state index in [0.717, 1.165) is 27.4 Å². The molecule has 0 heterocycles. The van der Waals surface area contributed by atoms with Crippen LogP contribution in [-0.4, -0.2) is 6.21 Å². The molecule has 1 aromatic carbocycles. The first-order valence-corrected chi connectivity index (χ1v) is 6.96. The SMILES string of the molecule is Clc1ccc(N=Cc2cc(Cl)c3cccccc2-3)cc1. The van der Waals surface area contributed by atoms with E-state index in [1.807, 2.05) is 66.9 Å². The molecule has 2 aliphatic rings. The number of fused-ring (bicyclic) bond motifs is 1. The molecule has 0 aliphatic heterocycles. The Balaban J connectivity index is 1.98. The van der Waals surface area contributed by atoms with E-state index in [1.165, 1.54) is 0 Å². The number of benzene rings is 1. The van der Waals surface area contributed by atoms with Gasteiger partial charge in [0.2, 0.25) is 0 Å². The average molecular weight is 300 g/mol. The fourth-order valence-electron chi connectivity index (χ4n) is 2.08. The zero-order valence-electron chi connectivity index (χ0n) is 10.6. The molecule has 0 bridgehead atoms. The topological polar surface area (TPSA) is 12.4 Å². The summed E-state index contributed by atoms with van der Waals surface area (Å²) in [6, 6.07) is 19.4. The van der Waals surface area contributed by atoms with Crippen LogP contribution in [0.1, 0.15) is 5.56 Å². The largest absolute Gasteiger partial charge is 0.256 e. The summed E-state index contributed by atoms with van der Waals surface area (Å²) < 4.78 is 0. The first-order chi connectivity index (χ1) is 9.74. The van der Waals surface area contributed by atoms with Crippen LogP contribution in [0, 0.1) is 0 Å². The van der Waals surface area contributed by atoms with Crippen molar-refractivity contribution in [3.8, 4) is 11.1 Å². The third-order valence-corrected chi connectivity index (χ3v) is 3.63. The molecule has 0 amide bonds. The molecule has 3 heteroatoms. The predicted molar refractivity (Wildman–Crippen MR) is 86.8 cm³/mol. The molecule has 98 valence electrons. The molecule has 0 spiro atoms. The minimum Gasteiger partial charge on any atom is -0.256 e. The Hall–Kier alpha value is -1.83. The summed E-state index contributed by atoms with van der Waals surface area (Å²) in [6.45, 7) is 0. The molecule has 0 atom stereocenters. The van der Waals surface area contributed by atoms with Crippen LogP contribution in [0.2, 0.25) is 10.0 Å². The van der Waals surface area contributed by atoms with E-state index in [0.29, 0.717) is 5.02 Å². The summed E-state index contributed by atoms with van der Waals surface area (Å²) in [5, 5.41) is 1.45. The summed E-state index contributed by atoms with van der Waals surface area (Å²) in [7, 11) is 0. The zero-order valence-corrected chi connectivity index (χ0v) is 12.1. The van der Waals surface area contributed by atoms with Crippen molar-refractivity contribution in [3.05, 3.63) is 76.3 Å². The van der Waals surface area contributed by atoms with Gasteiger partial charge in [0.1, 0.15) is 0 Å². The summed E-state index contributed by atoms with van der Waals surface area (Å²) in [5.74, 6) is 0. The number of halogens is 2. The van der Waals surface area contributed by atoms with Gasteiger partial charge in [-0.15, -0.1) is 0 Å². The lowest BCUT2D eigenvalue weighted by Crippen LogP contribution is -1.78. The number of rotatable bonds is 2. The van der Waals surface area contributed by atoms with Crippen molar-refractivity contribution in [2.75, 3.05) is 0 Å². The van der Waals surface area contributed by atoms with Crippen LogP contribution >= 0.6 is 23.2 Å². The predicted octanol–water partition coefficient (Wildman–Crippen LogP) is 5.85. The molecule has 0 saturated heterocycles. The average Bonchev–Trinajstić information content (AvgIpc) is 2.65. The minimum atomic E-state index is 0.706. The number of hydrogen-bond acceptors (Lipinski definition) is 1. The summed E-state index contributed by atoms with van der Waals surface area (Å²) in [6.07, 6.45) is 1.83. The molecule has 0 aromatic heterocycles. The lowest BCUT2D eigenvalue weighted by Gasteiger charge is -1.96. The van der Waals surface area contributed by atoms with Crippen LogP contribution in [0.15, 0.2) is 65.7 Å². The van der Waals surface area contributed by atoms with Crippen molar-refractivity contribution in [2.45, 2.75) is 0 Å². The van der Waals surface area contributed by atoms with Crippen LogP contribution in [0.4, 0.5) is 5.69 Å². The van der Waals surface area contributed by atoms with Gasteiger partial charge in [0.15, 0.2) is 0 Å². The summed E-state index contributed by atoms with van der Waals surface area (Å²) in [4.78, 5) is 4.46. The van der Waals surface area contributed by atoms with Gasteiger partial charge in [-0.2, -0.15) is 0 Å². The number of hydrogen-bond donors (Lipinski definition) is 0.